The fourth-order valence-electron chi connectivity index (χ4n) is 1.72. The van der Waals surface area contributed by atoms with E-state index >= 15 is 0 Å². The number of nitrogens with zero attached hydrogens (tertiary/aromatic N) is 3. The third kappa shape index (κ3) is 2.04. The van der Waals surface area contributed by atoms with E-state index in [9.17, 15) is 0 Å². The molecular weight excluding hydrogens is 252 g/mol. The van der Waals surface area contributed by atoms with Gasteiger partial charge in [-0.15, -0.1) is 0 Å². The lowest BCUT2D eigenvalue weighted by atomic mass is 10.1. The molecule has 1 heterocycles. The smallest absolute Gasteiger partial charge is 0.172 e. The van der Waals surface area contributed by atoms with Crippen molar-refractivity contribution in [2.45, 2.75) is 13.8 Å². The van der Waals surface area contributed by atoms with Gasteiger partial charge < -0.3 is 15.5 Å². The number of nitrogens with two attached hydrogens (primary N) is 1. The van der Waals surface area contributed by atoms with Crippen molar-refractivity contribution in [2.24, 2.45) is 10.9 Å². The molecule has 0 radical (unpaired) electrons. The topological polar surface area (TPSA) is 76.4 Å². The van der Waals surface area contributed by atoms with Crippen LogP contribution in [0.2, 0.25) is 5.02 Å². The zero-order valence-electron chi connectivity index (χ0n) is 10.1. The Morgan fingerprint density at radius 2 is 2.17 bits per heavy atom. The van der Waals surface area contributed by atoms with Crippen LogP contribution in [0, 0.1) is 13.8 Å². The Morgan fingerprint density at radius 3 is 2.72 bits per heavy atom. The molecule has 0 amide bonds. The Labute approximate surface area is 110 Å². The van der Waals surface area contributed by atoms with Gasteiger partial charge in [-0.05, 0) is 32.0 Å². The second-order valence-electron chi connectivity index (χ2n) is 3.93. The molecule has 3 N–H and O–H groups in total. The molecule has 1 aromatic heterocycles. The average molecular weight is 265 g/mol. The molecule has 2 aromatic rings. The van der Waals surface area contributed by atoms with Crippen molar-refractivity contribution < 1.29 is 5.21 Å². The third-order valence-electron chi connectivity index (χ3n) is 2.85. The number of rotatable bonds is 2. The molecule has 0 unspecified atom stereocenters. The Bertz CT molecular complexity index is 619. The van der Waals surface area contributed by atoms with Crippen molar-refractivity contribution in [2.75, 3.05) is 0 Å². The standard InChI is InChI=1S/C12H13ClN4O/c1-7-8(2)17(6-15-7)11-5-9(13)3-4-10(11)12(14)16-18/h3-6,18H,1-2H3,(H2,14,16). The second-order valence-corrected chi connectivity index (χ2v) is 4.37. The van der Waals surface area contributed by atoms with Crippen molar-refractivity contribution >= 4 is 17.4 Å². The van der Waals surface area contributed by atoms with E-state index in [2.05, 4.69) is 10.1 Å². The molecule has 0 fully saturated rings. The number of oxime groups is 1. The van der Waals surface area contributed by atoms with Crippen LogP contribution in [0.25, 0.3) is 5.69 Å². The van der Waals surface area contributed by atoms with Crippen LogP contribution < -0.4 is 5.73 Å². The SMILES string of the molecule is Cc1ncn(-c2cc(Cl)ccc2C(N)=NO)c1C. The Balaban J connectivity index is 2.69. The van der Waals surface area contributed by atoms with E-state index in [1.807, 2.05) is 18.4 Å². The zero-order valence-corrected chi connectivity index (χ0v) is 10.8. The van der Waals surface area contributed by atoms with Crippen molar-refractivity contribution in [3.63, 3.8) is 0 Å². The number of imidazole rings is 1. The van der Waals surface area contributed by atoms with E-state index in [4.69, 9.17) is 22.5 Å². The average Bonchev–Trinajstić information content (AvgIpc) is 2.69. The van der Waals surface area contributed by atoms with Crippen LogP contribution in [0.15, 0.2) is 29.7 Å². The van der Waals surface area contributed by atoms with Crippen LogP contribution in [-0.4, -0.2) is 20.6 Å². The van der Waals surface area contributed by atoms with Crippen LogP contribution in [0.3, 0.4) is 0 Å². The van der Waals surface area contributed by atoms with E-state index < -0.39 is 0 Å². The van der Waals surface area contributed by atoms with Gasteiger partial charge in [-0.2, -0.15) is 0 Å². The minimum Gasteiger partial charge on any atom is -0.409 e. The lowest BCUT2D eigenvalue weighted by Gasteiger charge is -2.11. The summed E-state index contributed by atoms with van der Waals surface area (Å²) in [5, 5.41) is 12.4. The summed E-state index contributed by atoms with van der Waals surface area (Å²) in [7, 11) is 0. The summed E-state index contributed by atoms with van der Waals surface area (Å²) >= 11 is 6.00. The summed E-state index contributed by atoms with van der Waals surface area (Å²) in [5.74, 6) is 0.0346. The monoisotopic (exact) mass is 264 g/mol. The van der Waals surface area contributed by atoms with Gasteiger partial charge in [0.15, 0.2) is 5.84 Å². The first-order chi connectivity index (χ1) is 8.54. The normalized spacial score (nSPS) is 11.8. The fraction of sp³-hybridized carbons (Fsp3) is 0.167. The van der Waals surface area contributed by atoms with Gasteiger partial charge in [0.1, 0.15) is 0 Å². The third-order valence-corrected chi connectivity index (χ3v) is 3.09. The van der Waals surface area contributed by atoms with E-state index in [-0.39, 0.29) is 5.84 Å². The molecule has 0 aliphatic rings. The Morgan fingerprint density at radius 1 is 1.44 bits per heavy atom. The maximum atomic E-state index is 8.81. The largest absolute Gasteiger partial charge is 0.409 e. The van der Waals surface area contributed by atoms with Gasteiger partial charge >= 0.3 is 0 Å². The van der Waals surface area contributed by atoms with E-state index in [0.29, 0.717) is 10.6 Å². The van der Waals surface area contributed by atoms with Gasteiger partial charge in [0, 0.05) is 16.3 Å². The molecule has 2 rings (SSSR count). The minimum absolute atomic E-state index is 0.0346. The van der Waals surface area contributed by atoms with E-state index in [1.165, 1.54) is 0 Å². The highest BCUT2D eigenvalue weighted by atomic mass is 35.5. The number of benzene rings is 1. The summed E-state index contributed by atoms with van der Waals surface area (Å²) < 4.78 is 1.86. The van der Waals surface area contributed by atoms with Gasteiger partial charge in [0.25, 0.3) is 0 Å². The number of aromatic nitrogens is 2. The van der Waals surface area contributed by atoms with Gasteiger partial charge in [-0.25, -0.2) is 4.98 Å². The second kappa shape index (κ2) is 4.70. The Hall–Kier alpha value is -2.01. The molecule has 0 aliphatic carbocycles. The van der Waals surface area contributed by atoms with Gasteiger partial charge in [0.05, 0.1) is 17.7 Å². The van der Waals surface area contributed by atoms with Gasteiger partial charge in [-0.1, -0.05) is 16.8 Å². The lowest BCUT2D eigenvalue weighted by Crippen LogP contribution is -2.16. The number of hydrogen-bond acceptors (Lipinski definition) is 3. The van der Waals surface area contributed by atoms with Crippen molar-refractivity contribution in [1.29, 1.82) is 0 Å². The molecule has 0 bridgehead atoms. The maximum absolute atomic E-state index is 8.81. The summed E-state index contributed by atoms with van der Waals surface area (Å²) in [6, 6.07) is 5.15. The van der Waals surface area contributed by atoms with Crippen LogP contribution in [0.1, 0.15) is 17.0 Å². The van der Waals surface area contributed by atoms with Gasteiger partial charge in [-0.3, -0.25) is 0 Å². The molecule has 5 nitrogen and oxygen atoms in total. The number of aryl methyl sites for hydroxylation is 1. The molecule has 6 heteroatoms. The summed E-state index contributed by atoms with van der Waals surface area (Å²) in [6.45, 7) is 3.86. The highest BCUT2D eigenvalue weighted by Crippen LogP contribution is 2.22. The maximum Gasteiger partial charge on any atom is 0.172 e. The van der Waals surface area contributed by atoms with E-state index in [0.717, 1.165) is 17.1 Å². The van der Waals surface area contributed by atoms with Crippen molar-refractivity contribution in [1.82, 2.24) is 9.55 Å². The Kier molecular flexibility index (Phi) is 3.25. The van der Waals surface area contributed by atoms with Crippen molar-refractivity contribution in [3.8, 4) is 5.69 Å². The predicted molar refractivity (Wildman–Crippen MR) is 70.6 cm³/mol. The molecular formula is C12H13ClN4O. The number of halogens is 1. The molecule has 0 saturated heterocycles. The molecule has 18 heavy (non-hydrogen) atoms. The molecule has 0 spiro atoms. The quantitative estimate of drug-likeness (QED) is 0.378. The first-order valence-electron chi connectivity index (χ1n) is 5.33. The number of hydrogen-bond donors (Lipinski definition) is 2. The van der Waals surface area contributed by atoms with Crippen LogP contribution in [-0.2, 0) is 0 Å². The molecule has 0 atom stereocenters. The fourth-order valence-corrected chi connectivity index (χ4v) is 1.88. The molecule has 0 saturated carbocycles. The van der Waals surface area contributed by atoms with Crippen molar-refractivity contribution in [3.05, 3.63) is 46.5 Å². The number of amidine groups is 1. The van der Waals surface area contributed by atoms with Crippen LogP contribution in [0.5, 0.6) is 0 Å². The van der Waals surface area contributed by atoms with E-state index in [1.54, 1.807) is 24.5 Å². The molecule has 1 aromatic carbocycles. The van der Waals surface area contributed by atoms with Crippen LogP contribution in [0.4, 0.5) is 0 Å². The highest BCUT2D eigenvalue weighted by Gasteiger charge is 2.12. The first kappa shape index (κ1) is 12.4. The molecule has 0 aliphatic heterocycles. The first-order valence-corrected chi connectivity index (χ1v) is 5.70. The van der Waals surface area contributed by atoms with Crippen LogP contribution >= 0.6 is 11.6 Å². The highest BCUT2D eigenvalue weighted by molar-refractivity contribution is 6.31. The molecule has 94 valence electrons. The summed E-state index contributed by atoms with van der Waals surface area (Å²) in [4.78, 5) is 4.23. The summed E-state index contributed by atoms with van der Waals surface area (Å²) in [6.07, 6.45) is 1.69. The predicted octanol–water partition coefficient (Wildman–Crippen LogP) is 2.24. The summed E-state index contributed by atoms with van der Waals surface area (Å²) in [5.41, 5.74) is 8.89. The minimum atomic E-state index is 0.0346. The zero-order chi connectivity index (χ0) is 13.3. The van der Waals surface area contributed by atoms with Gasteiger partial charge in [0.2, 0.25) is 0 Å². The lowest BCUT2D eigenvalue weighted by molar-refractivity contribution is 0.318.